The highest BCUT2D eigenvalue weighted by Gasteiger charge is 2.02. The molecule has 1 aromatic heterocycles. The third-order valence-electron chi connectivity index (χ3n) is 2.03. The summed E-state index contributed by atoms with van der Waals surface area (Å²) in [6.45, 7) is 8.39. The second-order valence-electron chi connectivity index (χ2n) is 3.76. The van der Waals surface area contributed by atoms with Gasteiger partial charge in [0.25, 0.3) is 0 Å². The fourth-order valence-corrected chi connectivity index (χ4v) is 1.35. The SMILES string of the molecule is CCCn1ncnc1CCNC(C)C. The molecule has 14 heavy (non-hydrogen) atoms. The molecular formula is C10H20N4. The molecule has 1 rings (SSSR count). The van der Waals surface area contributed by atoms with Gasteiger partial charge in [0.05, 0.1) is 0 Å². The van der Waals surface area contributed by atoms with Crippen LogP contribution in [0.1, 0.15) is 33.0 Å². The summed E-state index contributed by atoms with van der Waals surface area (Å²) in [6, 6.07) is 0.539. The van der Waals surface area contributed by atoms with Crippen molar-refractivity contribution in [3.63, 3.8) is 0 Å². The van der Waals surface area contributed by atoms with Crippen molar-refractivity contribution in [2.24, 2.45) is 0 Å². The third kappa shape index (κ3) is 3.46. The van der Waals surface area contributed by atoms with Gasteiger partial charge in [0.15, 0.2) is 0 Å². The standard InChI is InChI=1S/C10H20N4/c1-4-7-14-10(12-8-13-14)5-6-11-9(2)3/h8-9,11H,4-7H2,1-3H3. The lowest BCUT2D eigenvalue weighted by atomic mass is 10.3. The molecule has 1 N–H and O–H groups in total. The molecule has 4 nitrogen and oxygen atoms in total. The molecule has 0 fully saturated rings. The molecule has 0 spiro atoms. The molecule has 1 heterocycles. The van der Waals surface area contributed by atoms with Crippen molar-refractivity contribution in [3.8, 4) is 0 Å². The minimum Gasteiger partial charge on any atom is -0.314 e. The van der Waals surface area contributed by atoms with Gasteiger partial charge >= 0.3 is 0 Å². The molecule has 4 heteroatoms. The normalized spacial score (nSPS) is 11.1. The first-order chi connectivity index (χ1) is 6.74. The van der Waals surface area contributed by atoms with Gasteiger partial charge in [0, 0.05) is 25.6 Å². The molecule has 0 aliphatic heterocycles. The molecule has 0 amide bonds. The number of hydrogen-bond donors (Lipinski definition) is 1. The first-order valence-electron chi connectivity index (χ1n) is 5.34. The van der Waals surface area contributed by atoms with Crippen LogP contribution in [-0.4, -0.2) is 27.4 Å². The zero-order valence-electron chi connectivity index (χ0n) is 9.32. The number of rotatable bonds is 6. The Kier molecular flexibility index (Phi) is 4.59. The van der Waals surface area contributed by atoms with E-state index in [2.05, 4.69) is 36.2 Å². The molecule has 0 unspecified atom stereocenters. The van der Waals surface area contributed by atoms with E-state index in [0.717, 1.165) is 31.8 Å². The Labute approximate surface area is 85.7 Å². The van der Waals surface area contributed by atoms with Crippen LogP contribution in [0.25, 0.3) is 0 Å². The van der Waals surface area contributed by atoms with E-state index in [9.17, 15) is 0 Å². The van der Waals surface area contributed by atoms with E-state index in [-0.39, 0.29) is 0 Å². The second-order valence-corrected chi connectivity index (χ2v) is 3.76. The molecule has 0 radical (unpaired) electrons. The summed E-state index contributed by atoms with van der Waals surface area (Å²) in [5.74, 6) is 1.08. The summed E-state index contributed by atoms with van der Waals surface area (Å²) in [5, 5.41) is 7.55. The van der Waals surface area contributed by atoms with Gasteiger partial charge in [-0.2, -0.15) is 5.10 Å². The van der Waals surface area contributed by atoms with E-state index in [4.69, 9.17) is 0 Å². The van der Waals surface area contributed by atoms with Gasteiger partial charge in [-0.1, -0.05) is 20.8 Å². The Morgan fingerprint density at radius 1 is 1.50 bits per heavy atom. The molecule has 0 saturated heterocycles. The molecule has 80 valence electrons. The lowest BCUT2D eigenvalue weighted by Gasteiger charge is -2.08. The van der Waals surface area contributed by atoms with Crippen molar-refractivity contribution < 1.29 is 0 Å². The van der Waals surface area contributed by atoms with E-state index in [1.54, 1.807) is 6.33 Å². The van der Waals surface area contributed by atoms with Crippen LogP contribution < -0.4 is 5.32 Å². The topological polar surface area (TPSA) is 42.7 Å². The number of aryl methyl sites for hydroxylation is 1. The minimum atomic E-state index is 0.539. The van der Waals surface area contributed by atoms with Crippen molar-refractivity contribution >= 4 is 0 Å². The maximum absolute atomic E-state index is 4.24. The maximum atomic E-state index is 4.24. The fourth-order valence-electron chi connectivity index (χ4n) is 1.35. The Hall–Kier alpha value is -0.900. The van der Waals surface area contributed by atoms with Gasteiger partial charge in [-0.25, -0.2) is 4.98 Å². The van der Waals surface area contributed by atoms with Gasteiger partial charge in [-0.15, -0.1) is 0 Å². The molecule has 0 aromatic carbocycles. The first kappa shape index (κ1) is 11.2. The third-order valence-corrected chi connectivity index (χ3v) is 2.03. The van der Waals surface area contributed by atoms with Crippen LogP contribution in [0.3, 0.4) is 0 Å². The van der Waals surface area contributed by atoms with Crippen LogP contribution in [0.2, 0.25) is 0 Å². The molecule has 1 aromatic rings. The quantitative estimate of drug-likeness (QED) is 0.744. The Balaban J connectivity index is 2.37. The van der Waals surface area contributed by atoms with Crippen LogP contribution in [0.4, 0.5) is 0 Å². The molecule has 0 saturated carbocycles. The highest BCUT2D eigenvalue weighted by Crippen LogP contribution is 1.96. The highest BCUT2D eigenvalue weighted by atomic mass is 15.3. The molecule has 0 aliphatic rings. The van der Waals surface area contributed by atoms with Crippen LogP contribution in [-0.2, 0) is 13.0 Å². The first-order valence-corrected chi connectivity index (χ1v) is 5.34. The summed E-state index contributed by atoms with van der Waals surface area (Å²) in [6.07, 6.45) is 3.70. The van der Waals surface area contributed by atoms with Crippen molar-refractivity contribution in [3.05, 3.63) is 12.2 Å². The Morgan fingerprint density at radius 2 is 2.29 bits per heavy atom. The molecule has 0 atom stereocenters. The van der Waals surface area contributed by atoms with Crippen molar-refractivity contribution in [1.82, 2.24) is 20.1 Å². The van der Waals surface area contributed by atoms with Crippen molar-refractivity contribution in [2.45, 2.75) is 46.2 Å². The smallest absolute Gasteiger partial charge is 0.138 e. The maximum Gasteiger partial charge on any atom is 0.138 e. The molecule has 0 aliphatic carbocycles. The summed E-state index contributed by atoms with van der Waals surface area (Å²) >= 11 is 0. The van der Waals surface area contributed by atoms with Gasteiger partial charge in [-0.05, 0) is 6.42 Å². The monoisotopic (exact) mass is 196 g/mol. The van der Waals surface area contributed by atoms with Crippen LogP contribution in [0.5, 0.6) is 0 Å². The highest BCUT2D eigenvalue weighted by molar-refractivity contribution is 4.85. The van der Waals surface area contributed by atoms with E-state index >= 15 is 0 Å². The summed E-state index contributed by atoms with van der Waals surface area (Å²) < 4.78 is 1.99. The average molecular weight is 196 g/mol. The number of nitrogens with one attached hydrogen (secondary N) is 1. The largest absolute Gasteiger partial charge is 0.314 e. The molecule has 0 bridgehead atoms. The van der Waals surface area contributed by atoms with Gasteiger partial charge in [0.2, 0.25) is 0 Å². The molecular weight excluding hydrogens is 176 g/mol. The number of hydrogen-bond acceptors (Lipinski definition) is 3. The van der Waals surface area contributed by atoms with E-state index in [0.29, 0.717) is 6.04 Å². The second kappa shape index (κ2) is 5.75. The summed E-state index contributed by atoms with van der Waals surface area (Å²) in [7, 11) is 0. The summed E-state index contributed by atoms with van der Waals surface area (Å²) in [5.41, 5.74) is 0. The lowest BCUT2D eigenvalue weighted by Crippen LogP contribution is -2.26. The summed E-state index contributed by atoms with van der Waals surface area (Å²) in [4.78, 5) is 4.24. The van der Waals surface area contributed by atoms with E-state index in [1.807, 2.05) is 4.68 Å². The zero-order chi connectivity index (χ0) is 10.4. The Morgan fingerprint density at radius 3 is 2.93 bits per heavy atom. The van der Waals surface area contributed by atoms with Gasteiger partial charge in [-0.3, -0.25) is 4.68 Å². The van der Waals surface area contributed by atoms with Crippen LogP contribution >= 0.6 is 0 Å². The minimum absolute atomic E-state index is 0.539. The number of aromatic nitrogens is 3. The number of nitrogens with zero attached hydrogens (tertiary/aromatic N) is 3. The van der Waals surface area contributed by atoms with Crippen LogP contribution in [0.15, 0.2) is 6.33 Å². The average Bonchev–Trinajstić information content (AvgIpc) is 2.53. The van der Waals surface area contributed by atoms with Crippen molar-refractivity contribution in [1.29, 1.82) is 0 Å². The Bertz CT molecular complexity index is 254. The van der Waals surface area contributed by atoms with Crippen molar-refractivity contribution in [2.75, 3.05) is 6.54 Å². The predicted molar refractivity (Wildman–Crippen MR) is 57.2 cm³/mol. The zero-order valence-corrected chi connectivity index (χ0v) is 9.32. The predicted octanol–water partition coefficient (Wildman–Crippen LogP) is 1.23. The van der Waals surface area contributed by atoms with Gasteiger partial charge in [0.1, 0.15) is 12.2 Å². The van der Waals surface area contributed by atoms with E-state index in [1.165, 1.54) is 0 Å². The van der Waals surface area contributed by atoms with Crippen LogP contribution in [0, 0.1) is 0 Å². The lowest BCUT2D eigenvalue weighted by molar-refractivity contribution is 0.538. The van der Waals surface area contributed by atoms with Gasteiger partial charge < -0.3 is 5.32 Å². The fraction of sp³-hybridized carbons (Fsp3) is 0.800. The van der Waals surface area contributed by atoms with E-state index < -0.39 is 0 Å².